The molecule has 0 aliphatic heterocycles. The Balaban J connectivity index is 5.39. The molecule has 0 aromatic heterocycles. The minimum absolute atomic E-state index is 0.115. The van der Waals surface area contributed by atoms with Gasteiger partial charge in [0.15, 0.2) is 0 Å². The predicted molar refractivity (Wildman–Crippen MR) is 55.7 cm³/mol. The topological polar surface area (TPSA) is 20.2 Å². The largest absolute Gasteiger partial charge is 0.460 e. The Morgan fingerprint density at radius 3 is 1.57 bits per heavy atom. The standard InChI is InChI=1S/C11H15F9O/c1-3-4-5-7(2,21)6-8(12,13)9(14,15)10(16,17)11(18,19)20/h21H,3-6H2,1-2H3. The quantitative estimate of drug-likeness (QED) is 0.664. The maximum atomic E-state index is 13.3. The zero-order valence-corrected chi connectivity index (χ0v) is 11.2. The van der Waals surface area contributed by atoms with Gasteiger partial charge >= 0.3 is 23.9 Å². The second kappa shape index (κ2) is 5.85. The summed E-state index contributed by atoms with van der Waals surface area (Å²) in [4.78, 5) is 0. The predicted octanol–water partition coefficient (Wildman–Crippen LogP) is 4.79. The lowest BCUT2D eigenvalue weighted by Gasteiger charge is -2.37. The second-order valence-electron chi connectivity index (χ2n) is 5.13. The van der Waals surface area contributed by atoms with Crippen molar-refractivity contribution in [2.75, 3.05) is 0 Å². The Labute approximate surface area is 115 Å². The van der Waals surface area contributed by atoms with Gasteiger partial charge in [0.2, 0.25) is 0 Å². The lowest BCUT2D eigenvalue weighted by molar-refractivity contribution is -0.399. The van der Waals surface area contributed by atoms with Crippen LogP contribution in [0.3, 0.4) is 0 Å². The van der Waals surface area contributed by atoms with Crippen LogP contribution < -0.4 is 0 Å². The monoisotopic (exact) mass is 334 g/mol. The van der Waals surface area contributed by atoms with Crippen LogP contribution in [0.1, 0.15) is 39.5 Å². The molecule has 1 nitrogen and oxygen atoms in total. The Kier molecular flexibility index (Phi) is 5.66. The van der Waals surface area contributed by atoms with E-state index in [4.69, 9.17) is 0 Å². The second-order valence-corrected chi connectivity index (χ2v) is 5.13. The van der Waals surface area contributed by atoms with Crippen LogP contribution >= 0.6 is 0 Å². The fourth-order valence-electron chi connectivity index (χ4n) is 1.64. The molecule has 0 bridgehead atoms. The van der Waals surface area contributed by atoms with E-state index in [-0.39, 0.29) is 6.42 Å². The maximum Gasteiger partial charge on any atom is 0.460 e. The number of aliphatic hydroxyl groups is 1. The first kappa shape index (κ1) is 20.3. The van der Waals surface area contributed by atoms with Crippen molar-refractivity contribution in [3.05, 3.63) is 0 Å². The molecule has 0 aliphatic rings. The van der Waals surface area contributed by atoms with Gasteiger partial charge in [-0.2, -0.15) is 39.5 Å². The van der Waals surface area contributed by atoms with Crippen molar-refractivity contribution in [3.63, 3.8) is 0 Å². The van der Waals surface area contributed by atoms with Crippen molar-refractivity contribution in [3.8, 4) is 0 Å². The van der Waals surface area contributed by atoms with Crippen LogP contribution in [-0.2, 0) is 0 Å². The zero-order valence-electron chi connectivity index (χ0n) is 11.2. The molecule has 0 rings (SSSR count). The van der Waals surface area contributed by atoms with Crippen LogP contribution in [0, 0.1) is 0 Å². The van der Waals surface area contributed by atoms with Crippen LogP contribution in [0.25, 0.3) is 0 Å². The number of alkyl halides is 9. The Hall–Kier alpha value is -0.670. The van der Waals surface area contributed by atoms with E-state index in [1.54, 1.807) is 6.92 Å². The van der Waals surface area contributed by atoms with Crippen molar-refractivity contribution in [2.45, 2.75) is 69.1 Å². The van der Waals surface area contributed by atoms with E-state index in [2.05, 4.69) is 0 Å². The molecular formula is C11H15F9O. The lowest BCUT2D eigenvalue weighted by Crippen LogP contribution is -2.62. The van der Waals surface area contributed by atoms with Crippen molar-refractivity contribution >= 4 is 0 Å². The Bertz CT molecular complexity index is 346. The van der Waals surface area contributed by atoms with E-state index < -0.39 is 42.4 Å². The molecule has 0 aromatic carbocycles. The van der Waals surface area contributed by atoms with Crippen molar-refractivity contribution in [1.82, 2.24) is 0 Å². The Morgan fingerprint density at radius 1 is 0.810 bits per heavy atom. The molecule has 0 saturated heterocycles. The first-order chi connectivity index (χ1) is 9.02. The Morgan fingerprint density at radius 2 is 1.24 bits per heavy atom. The molecule has 0 amide bonds. The van der Waals surface area contributed by atoms with Crippen molar-refractivity contribution in [2.24, 2.45) is 0 Å². The maximum absolute atomic E-state index is 13.3. The number of unbranched alkanes of at least 4 members (excludes halogenated alkanes) is 1. The van der Waals surface area contributed by atoms with E-state index in [0.29, 0.717) is 13.3 Å². The van der Waals surface area contributed by atoms with Crippen LogP contribution in [0.15, 0.2) is 0 Å². The summed E-state index contributed by atoms with van der Waals surface area (Å²) in [5, 5.41) is 9.47. The summed E-state index contributed by atoms with van der Waals surface area (Å²) in [6.07, 6.45) is -8.98. The van der Waals surface area contributed by atoms with Crippen LogP contribution in [0.2, 0.25) is 0 Å². The van der Waals surface area contributed by atoms with E-state index >= 15 is 0 Å². The molecule has 128 valence electrons. The number of halogens is 9. The highest BCUT2D eigenvalue weighted by atomic mass is 19.4. The summed E-state index contributed by atoms with van der Waals surface area (Å²) in [6.45, 7) is 2.26. The van der Waals surface area contributed by atoms with Gasteiger partial charge < -0.3 is 5.11 Å². The summed E-state index contributed by atoms with van der Waals surface area (Å²) in [5.41, 5.74) is -2.50. The number of hydrogen-bond donors (Lipinski definition) is 1. The van der Waals surface area contributed by atoms with Crippen molar-refractivity contribution in [1.29, 1.82) is 0 Å². The molecule has 0 aliphatic carbocycles. The van der Waals surface area contributed by atoms with Crippen LogP contribution in [0.4, 0.5) is 39.5 Å². The molecule has 1 atom stereocenters. The highest BCUT2D eigenvalue weighted by Crippen LogP contribution is 2.55. The molecule has 0 saturated carbocycles. The molecule has 0 heterocycles. The molecule has 0 radical (unpaired) electrons. The zero-order chi connectivity index (χ0) is 17.3. The molecule has 10 heteroatoms. The fourth-order valence-corrected chi connectivity index (χ4v) is 1.64. The molecule has 1 unspecified atom stereocenters. The molecular weight excluding hydrogens is 319 g/mol. The van der Waals surface area contributed by atoms with E-state index in [0.717, 1.165) is 0 Å². The highest BCUT2D eigenvalue weighted by Gasteiger charge is 2.81. The fraction of sp³-hybridized carbons (Fsp3) is 1.00. The van der Waals surface area contributed by atoms with Gasteiger partial charge in [0.05, 0.1) is 5.60 Å². The SMILES string of the molecule is CCCCC(C)(O)CC(F)(F)C(F)(F)C(F)(F)C(F)(F)F. The third kappa shape index (κ3) is 4.17. The number of rotatable bonds is 7. The lowest BCUT2D eigenvalue weighted by atomic mass is 9.88. The average Bonchev–Trinajstić information content (AvgIpc) is 2.22. The van der Waals surface area contributed by atoms with E-state index in [9.17, 15) is 44.6 Å². The molecule has 1 N–H and O–H groups in total. The van der Waals surface area contributed by atoms with Gasteiger partial charge in [0, 0.05) is 6.42 Å². The smallest absolute Gasteiger partial charge is 0.390 e. The molecule has 0 fully saturated rings. The van der Waals surface area contributed by atoms with Gasteiger partial charge in [-0.3, -0.25) is 0 Å². The summed E-state index contributed by atoms with van der Waals surface area (Å²) < 4.78 is 113. The summed E-state index contributed by atoms with van der Waals surface area (Å²) in [5.74, 6) is -19.3. The first-order valence-corrected chi connectivity index (χ1v) is 5.94. The van der Waals surface area contributed by atoms with E-state index in [1.165, 1.54) is 0 Å². The third-order valence-corrected chi connectivity index (χ3v) is 2.88. The van der Waals surface area contributed by atoms with Gasteiger partial charge in [-0.15, -0.1) is 0 Å². The van der Waals surface area contributed by atoms with Gasteiger partial charge in [-0.25, -0.2) is 0 Å². The molecule has 21 heavy (non-hydrogen) atoms. The minimum atomic E-state index is -6.91. The summed E-state index contributed by atoms with van der Waals surface area (Å²) in [7, 11) is 0. The normalized spacial score (nSPS) is 17.7. The number of hydrogen-bond acceptors (Lipinski definition) is 1. The first-order valence-electron chi connectivity index (χ1n) is 5.94. The van der Waals surface area contributed by atoms with Crippen LogP contribution in [-0.4, -0.2) is 34.7 Å². The average molecular weight is 334 g/mol. The van der Waals surface area contributed by atoms with E-state index in [1.807, 2.05) is 0 Å². The van der Waals surface area contributed by atoms with Gasteiger partial charge in [0.25, 0.3) is 0 Å². The summed E-state index contributed by atoms with van der Waals surface area (Å²) in [6, 6.07) is 0. The van der Waals surface area contributed by atoms with Gasteiger partial charge in [-0.1, -0.05) is 19.8 Å². The van der Waals surface area contributed by atoms with Gasteiger partial charge in [-0.05, 0) is 13.3 Å². The minimum Gasteiger partial charge on any atom is -0.390 e. The van der Waals surface area contributed by atoms with Crippen LogP contribution in [0.5, 0.6) is 0 Å². The summed E-state index contributed by atoms with van der Waals surface area (Å²) >= 11 is 0. The molecule has 0 aromatic rings. The van der Waals surface area contributed by atoms with Gasteiger partial charge in [0.1, 0.15) is 0 Å². The molecule has 0 spiro atoms. The third-order valence-electron chi connectivity index (χ3n) is 2.88. The van der Waals surface area contributed by atoms with Crippen molar-refractivity contribution < 1.29 is 44.6 Å². The highest BCUT2D eigenvalue weighted by molar-refractivity contribution is 5.02.